The van der Waals surface area contributed by atoms with E-state index in [1.807, 2.05) is 48.5 Å². The van der Waals surface area contributed by atoms with Crippen LogP contribution in [0.15, 0.2) is 168 Å². The Balaban J connectivity index is 1.15. The van der Waals surface area contributed by atoms with Crippen LogP contribution in [0.5, 0.6) is 0 Å². The van der Waals surface area contributed by atoms with Crippen molar-refractivity contribution in [1.29, 1.82) is 0 Å². The molecule has 2 heterocycles. The van der Waals surface area contributed by atoms with Gasteiger partial charge in [0, 0.05) is 27.6 Å². The van der Waals surface area contributed by atoms with Gasteiger partial charge in [-0.2, -0.15) is 0 Å². The second-order valence-corrected chi connectivity index (χ2v) is 13.1. The third-order valence-corrected chi connectivity index (χ3v) is 10.6. The molecule has 9 aromatic rings. The fraction of sp³-hybridized carbons (Fsp3) is 0.0217. The van der Waals surface area contributed by atoms with Gasteiger partial charge in [-0.25, -0.2) is 15.0 Å². The zero-order valence-electron chi connectivity index (χ0n) is 26.8. The Bertz CT molecular complexity index is 2790. The lowest BCUT2D eigenvalue weighted by Gasteiger charge is -2.30. The van der Waals surface area contributed by atoms with E-state index in [1.54, 1.807) is 0 Å². The molecule has 0 N–H and O–H groups in total. The molecular formula is C46H27N3O. The van der Waals surface area contributed by atoms with E-state index in [0.717, 1.165) is 50.0 Å². The maximum Gasteiger partial charge on any atom is 0.228 e. The summed E-state index contributed by atoms with van der Waals surface area (Å²) in [6, 6.07) is 57.5. The first kappa shape index (κ1) is 27.3. The van der Waals surface area contributed by atoms with Gasteiger partial charge in [0.15, 0.2) is 11.4 Å². The van der Waals surface area contributed by atoms with Gasteiger partial charge in [0.05, 0.1) is 16.6 Å². The van der Waals surface area contributed by atoms with E-state index in [2.05, 4.69) is 115 Å². The van der Waals surface area contributed by atoms with Crippen LogP contribution in [0.4, 0.5) is 0 Å². The molecule has 7 aromatic carbocycles. The Labute approximate surface area is 288 Å². The van der Waals surface area contributed by atoms with Crippen LogP contribution in [0.25, 0.3) is 78.4 Å². The van der Waals surface area contributed by atoms with E-state index in [4.69, 9.17) is 19.4 Å². The number of benzene rings is 7. The molecule has 1 spiro atoms. The van der Waals surface area contributed by atoms with E-state index in [0.29, 0.717) is 11.7 Å². The molecule has 0 radical (unpaired) electrons. The largest absolute Gasteiger partial charge is 0.436 e. The van der Waals surface area contributed by atoms with Crippen molar-refractivity contribution in [3.63, 3.8) is 0 Å². The van der Waals surface area contributed by atoms with Crippen LogP contribution < -0.4 is 0 Å². The highest BCUT2D eigenvalue weighted by molar-refractivity contribution is 6.04. The third kappa shape index (κ3) is 3.57. The second kappa shape index (κ2) is 10.2. The topological polar surface area (TPSA) is 51.8 Å². The van der Waals surface area contributed by atoms with E-state index >= 15 is 0 Å². The first-order chi connectivity index (χ1) is 24.8. The summed E-state index contributed by atoms with van der Waals surface area (Å²) in [6.07, 6.45) is 0. The van der Waals surface area contributed by atoms with Crippen molar-refractivity contribution in [1.82, 2.24) is 15.0 Å². The number of nitrogens with zero attached hydrogens (tertiary/aromatic N) is 3. The standard InChI is InChI=1S/C46H27N3O/c1-2-14-28(15-3-1)42-34-21-9-13-25-39(34)47-44(48-42)31-18-4-5-19-32(31)45-49-43-40(50-45)27-26-38-41(43)33-20-8-12-24-37(33)46(38)35-22-10-6-16-29(35)30-17-7-11-23-36(30)46/h1-27H. The molecule has 2 aliphatic rings. The van der Waals surface area contributed by atoms with Crippen LogP contribution in [-0.2, 0) is 5.41 Å². The highest BCUT2D eigenvalue weighted by Gasteiger charge is 2.52. The minimum absolute atomic E-state index is 0.433. The predicted octanol–water partition coefficient (Wildman–Crippen LogP) is 11.1. The summed E-state index contributed by atoms with van der Waals surface area (Å²) in [4.78, 5) is 15.6. The molecule has 2 aliphatic carbocycles. The Morgan fingerprint density at radius 2 is 1.00 bits per heavy atom. The average Bonchev–Trinajstić information content (AvgIpc) is 3.85. The first-order valence-electron chi connectivity index (χ1n) is 17.0. The van der Waals surface area contributed by atoms with Crippen molar-refractivity contribution in [2.24, 2.45) is 0 Å². The molecule has 4 nitrogen and oxygen atoms in total. The maximum absolute atomic E-state index is 6.68. The van der Waals surface area contributed by atoms with E-state index in [-0.39, 0.29) is 0 Å². The van der Waals surface area contributed by atoms with Gasteiger partial charge in [0.1, 0.15) is 5.52 Å². The molecule has 0 amide bonds. The van der Waals surface area contributed by atoms with Gasteiger partial charge in [-0.3, -0.25) is 0 Å². The SMILES string of the molecule is c1ccc(-c2nc(-c3ccccc3-c3nc4c5c(ccc4o3)C3(c4ccccc4-c4ccccc43)c3ccccc3-5)nc3ccccc23)cc1. The fourth-order valence-corrected chi connectivity index (χ4v) is 8.56. The van der Waals surface area contributed by atoms with Gasteiger partial charge in [-0.1, -0.05) is 146 Å². The Morgan fingerprint density at radius 1 is 0.420 bits per heavy atom. The van der Waals surface area contributed by atoms with Crippen LogP contribution in [0.2, 0.25) is 0 Å². The summed E-state index contributed by atoms with van der Waals surface area (Å²) < 4.78 is 6.68. The van der Waals surface area contributed by atoms with Crippen molar-refractivity contribution in [2.75, 3.05) is 0 Å². The molecular weight excluding hydrogens is 611 g/mol. The highest BCUT2D eigenvalue weighted by atomic mass is 16.3. The number of rotatable bonds is 3. The second-order valence-electron chi connectivity index (χ2n) is 13.1. The van der Waals surface area contributed by atoms with Gasteiger partial charge in [-0.15, -0.1) is 0 Å². The number of aromatic nitrogens is 3. The van der Waals surface area contributed by atoms with Gasteiger partial charge in [-0.05, 0) is 57.1 Å². The predicted molar refractivity (Wildman–Crippen MR) is 200 cm³/mol. The normalized spacial score (nSPS) is 13.4. The zero-order valence-corrected chi connectivity index (χ0v) is 26.8. The summed E-state index contributed by atoms with van der Waals surface area (Å²) in [5.41, 5.74) is 15.8. The van der Waals surface area contributed by atoms with Crippen LogP contribution in [0.1, 0.15) is 22.3 Å². The number of hydrogen-bond acceptors (Lipinski definition) is 4. The maximum atomic E-state index is 6.68. The molecule has 0 atom stereocenters. The first-order valence-corrected chi connectivity index (χ1v) is 17.0. The molecule has 11 rings (SSSR count). The van der Waals surface area contributed by atoms with Crippen molar-refractivity contribution in [3.8, 4) is 56.4 Å². The smallest absolute Gasteiger partial charge is 0.228 e. The summed E-state index contributed by atoms with van der Waals surface area (Å²) in [5, 5.41) is 1.01. The lowest BCUT2D eigenvalue weighted by molar-refractivity contribution is 0.620. The lowest BCUT2D eigenvalue weighted by atomic mass is 9.70. The summed E-state index contributed by atoms with van der Waals surface area (Å²) in [5.74, 6) is 1.18. The number of para-hydroxylation sites is 1. The summed E-state index contributed by atoms with van der Waals surface area (Å²) in [6.45, 7) is 0. The fourth-order valence-electron chi connectivity index (χ4n) is 8.56. The molecule has 0 fully saturated rings. The van der Waals surface area contributed by atoms with Gasteiger partial charge in [0.25, 0.3) is 0 Å². The molecule has 0 aliphatic heterocycles. The summed E-state index contributed by atoms with van der Waals surface area (Å²) in [7, 11) is 0. The minimum Gasteiger partial charge on any atom is -0.436 e. The third-order valence-electron chi connectivity index (χ3n) is 10.6. The van der Waals surface area contributed by atoms with E-state index in [1.165, 1.54) is 38.9 Å². The quantitative estimate of drug-likeness (QED) is 0.193. The Hall–Kier alpha value is -6.65. The minimum atomic E-state index is -0.433. The lowest BCUT2D eigenvalue weighted by Crippen LogP contribution is -2.25. The van der Waals surface area contributed by atoms with E-state index in [9.17, 15) is 0 Å². The van der Waals surface area contributed by atoms with Crippen LogP contribution in [-0.4, -0.2) is 15.0 Å². The molecule has 2 aromatic heterocycles. The molecule has 232 valence electrons. The molecule has 0 saturated carbocycles. The number of oxazole rings is 1. The van der Waals surface area contributed by atoms with Crippen molar-refractivity contribution >= 4 is 22.0 Å². The number of hydrogen-bond donors (Lipinski definition) is 0. The van der Waals surface area contributed by atoms with Crippen molar-refractivity contribution < 1.29 is 4.42 Å². The molecule has 50 heavy (non-hydrogen) atoms. The average molecular weight is 638 g/mol. The van der Waals surface area contributed by atoms with Gasteiger partial charge in [0.2, 0.25) is 5.89 Å². The van der Waals surface area contributed by atoms with Crippen molar-refractivity contribution in [3.05, 3.63) is 186 Å². The molecule has 4 heteroatoms. The molecule has 0 bridgehead atoms. The number of fused-ring (bicyclic) bond motifs is 13. The van der Waals surface area contributed by atoms with E-state index < -0.39 is 5.41 Å². The highest BCUT2D eigenvalue weighted by Crippen LogP contribution is 2.63. The monoisotopic (exact) mass is 637 g/mol. The Kier molecular flexibility index (Phi) is 5.56. The van der Waals surface area contributed by atoms with Crippen LogP contribution in [0, 0.1) is 0 Å². The van der Waals surface area contributed by atoms with Gasteiger partial charge < -0.3 is 4.42 Å². The van der Waals surface area contributed by atoms with Gasteiger partial charge >= 0.3 is 0 Å². The van der Waals surface area contributed by atoms with Crippen LogP contribution >= 0.6 is 0 Å². The summed E-state index contributed by atoms with van der Waals surface area (Å²) >= 11 is 0. The van der Waals surface area contributed by atoms with Crippen LogP contribution in [0.3, 0.4) is 0 Å². The van der Waals surface area contributed by atoms with Crippen molar-refractivity contribution in [2.45, 2.75) is 5.41 Å². The molecule has 0 saturated heterocycles. The molecule has 0 unspecified atom stereocenters. The zero-order chi connectivity index (χ0) is 32.8. The Morgan fingerprint density at radius 3 is 1.74 bits per heavy atom.